The van der Waals surface area contributed by atoms with Crippen molar-refractivity contribution >= 4 is 6.09 Å². The van der Waals surface area contributed by atoms with Crippen LogP contribution in [0.3, 0.4) is 0 Å². The minimum absolute atomic E-state index is 0.000139. The maximum atomic E-state index is 12.3. The largest absolute Gasteiger partial charge is 0.444 e. The van der Waals surface area contributed by atoms with Crippen molar-refractivity contribution in [3.8, 4) is 0 Å². The van der Waals surface area contributed by atoms with Gasteiger partial charge in [-0.25, -0.2) is 9.78 Å². The first-order valence-corrected chi connectivity index (χ1v) is 7.33. The summed E-state index contributed by atoms with van der Waals surface area (Å²) >= 11 is 0. The van der Waals surface area contributed by atoms with E-state index in [0.29, 0.717) is 5.92 Å². The van der Waals surface area contributed by atoms with Crippen LogP contribution in [-0.4, -0.2) is 33.1 Å². The van der Waals surface area contributed by atoms with Gasteiger partial charge in [0, 0.05) is 18.4 Å². The normalized spacial score (nSPS) is 23.1. The van der Waals surface area contributed by atoms with Crippen LogP contribution < -0.4 is 0 Å². The average molecular weight is 279 g/mol. The Morgan fingerprint density at radius 1 is 1.55 bits per heavy atom. The van der Waals surface area contributed by atoms with Gasteiger partial charge >= 0.3 is 6.09 Å². The van der Waals surface area contributed by atoms with E-state index < -0.39 is 5.60 Å². The summed E-state index contributed by atoms with van der Waals surface area (Å²) in [6, 6.07) is 0.000139. The Balaban J connectivity index is 2.16. The van der Waals surface area contributed by atoms with Gasteiger partial charge in [0.05, 0.1) is 6.04 Å². The zero-order valence-electron chi connectivity index (χ0n) is 13.1. The summed E-state index contributed by atoms with van der Waals surface area (Å²) in [6.45, 7) is 10.6. The number of carbonyl (C=O) groups excluding carboxylic acids is 1. The Kier molecular flexibility index (Phi) is 4.06. The number of likely N-dealkylation sites (tertiary alicyclic amines) is 1. The SMILES string of the molecule is CCc1cnc(C2CC(C)CN2C(=O)OC(C)(C)C)[nH]1. The highest BCUT2D eigenvalue weighted by atomic mass is 16.6. The number of ether oxygens (including phenoxy) is 1. The molecule has 112 valence electrons. The minimum atomic E-state index is -0.467. The van der Waals surface area contributed by atoms with Crippen LogP contribution in [0.15, 0.2) is 6.20 Å². The molecule has 2 heterocycles. The number of imidazole rings is 1. The number of nitrogens with zero attached hydrogens (tertiary/aromatic N) is 2. The zero-order chi connectivity index (χ0) is 14.9. The van der Waals surface area contributed by atoms with Gasteiger partial charge in [0.15, 0.2) is 0 Å². The van der Waals surface area contributed by atoms with E-state index in [9.17, 15) is 4.79 Å². The number of rotatable bonds is 2. The lowest BCUT2D eigenvalue weighted by molar-refractivity contribution is 0.0214. The lowest BCUT2D eigenvalue weighted by Crippen LogP contribution is -2.37. The van der Waals surface area contributed by atoms with Crippen molar-refractivity contribution in [3.63, 3.8) is 0 Å². The van der Waals surface area contributed by atoms with E-state index in [2.05, 4.69) is 23.8 Å². The Bertz CT molecular complexity index is 476. The predicted octanol–water partition coefficient (Wildman–Crippen LogP) is 3.29. The maximum Gasteiger partial charge on any atom is 0.410 e. The van der Waals surface area contributed by atoms with E-state index in [4.69, 9.17) is 4.74 Å². The summed E-state index contributed by atoms with van der Waals surface area (Å²) in [7, 11) is 0. The lowest BCUT2D eigenvalue weighted by Gasteiger charge is -2.27. The Morgan fingerprint density at radius 3 is 2.80 bits per heavy atom. The molecule has 1 aliphatic rings. The molecule has 2 rings (SSSR count). The van der Waals surface area contributed by atoms with E-state index in [0.717, 1.165) is 30.9 Å². The van der Waals surface area contributed by atoms with Gasteiger partial charge in [-0.3, -0.25) is 4.90 Å². The Morgan fingerprint density at radius 2 is 2.25 bits per heavy atom. The standard InChI is InChI=1S/C15H25N3O2/c1-6-11-8-16-13(17-11)12-7-10(2)9-18(12)14(19)20-15(3,4)5/h8,10,12H,6-7,9H2,1-5H3,(H,16,17). The van der Waals surface area contributed by atoms with Crippen LogP contribution in [-0.2, 0) is 11.2 Å². The molecular formula is C15H25N3O2. The number of aromatic nitrogens is 2. The molecule has 0 radical (unpaired) electrons. The van der Waals surface area contributed by atoms with Crippen molar-refractivity contribution < 1.29 is 9.53 Å². The highest BCUT2D eigenvalue weighted by Crippen LogP contribution is 2.34. The molecule has 1 N–H and O–H groups in total. The van der Waals surface area contributed by atoms with Crippen LogP contribution >= 0.6 is 0 Å². The lowest BCUT2D eigenvalue weighted by atomic mass is 10.1. The van der Waals surface area contributed by atoms with Gasteiger partial charge in [-0.2, -0.15) is 0 Å². The van der Waals surface area contributed by atoms with Crippen LogP contribution in [0.2, 0.25) is 0 Å². The van der Waals surface area contributed by atoms with E-state index in [1.54, 1.807) is 4.90 Å². The highest BCUT2D eigenvalue weighted by molar-refractivity contribution is 5.69. The van der Waals surface area contributed by atoms with E-state index in [-0.39, 0.29) is 12.1 Å². The summed E-state index contributed by atoms with van der Waals surface area (Å²) < 4.78 is 5.50. The molecule has 2 atom stereocenters. The first-order chi connectivity index (χ1) is 9.30. The second-order valence-corrected chi connectivity index (χ2v) is 6.64. The number of hydrogen-bond donors (Lipinski definition) is 1. The molecule has 2 unspecified atom stereocenters. The fourth-order valence-corrected chi connectivity index (χ4v) is 2.55. The third kappa shape index (κ3) is 3.32. The van der Waals surface area contributed by atoms with Crippen LogP contribution in [0.5, 0.6) is 0 Å². The number of amides is 1. The van der Waals surface area contributed by atoms with Crippen molar-refractivity contribution in [2.24, 2.45) is 5.92 Å². The van der Waals surface area contributed by atoms with Crippen LogP contribution in [0.4, 0.5) is 4.79 Å². The predicted molar refractivity (Wildman–Crippen MR) is 77.4 cm³/mol. The smallest absolute Gasteiger partial charge is 0.410 e. The quantitative estimate of drug-likeness (QED) is 0.903. The van der Waals surface area contributed by atoms with Gasteiger partial charge in [-0.1, -0.05) is 13.8 Å². The molecule has 0 aliphatic carbocycles. The number of hydrogen-bond acceptors (Lipinski definition) is 3. The zero-order valence-corrected chi connectivity index (χ0v) is 13.1. The number of aromatic amines is 1. The van der Waals surface area contributed by atoms with Crippen molar-refractivity contribution in [1.82, 2.24) is 14.9 Å². The summed E-state index contributed by atoms with van der Waals surface area (Å²) in [4.78, 5) is 21.9. The Hall–Kier alpha value is -1.52. The number of aryl methyl sites for hydroxylation is 1. The topological polar surface area (TPSA) is 58.2 Å². The molecule has 1 aromatic heterocycles. The van der Waals surface area contributed by atoms with Gasteiger partial charge in [0.2, 0.25) is 0 Å². The van der Waals surface area contributed by atoms with Gasteiger partial charge < -0.3 is 9.72 Å². The fraction of sp³-hybridized carbons (Fsp3) is 0.733. The van der Waals surface area contributed by atoms with Crippen LogP contribution in [0.25, 0.3) is 0 Å². The monoisotopic (exact) mass is 279 g/mol. The van der Waals surface area contributed by atoms with Crippen LogP contribution in [0.1, 0.15) is 58.6 Å². The number of nitrogens with one attached hydrogen (secondary N) is 1. The van der Waals surface area contributed by atoms with Gasteiger partial charge in [-0.05, 0) is 39.5 Å². The summed E-state index contributed by atoms with van der Waals surface area (Å²) in [5, 5.41) is 0. The molecule has 1 fully saturated rings. The number of carbonyl (C=O) groups is 1. The van der Waals surface area contributed by atoms with Gasteiger partial charge in [0.1, 0.15) is 11.4 Å². The fourth-order valence-electron chi connectivity index (χ4n) is 2.55. The highest BCUT2D eigenvalue weighted by Gasteiger charge is 2.38. The second kappa shape index (κ2) is 5.46. The number of H-pyrrole nitrogens is 1. The first-order valence-electron chi connectivity index (χ1n) is 7.33. The van der Waals surface area contributed by atoms with Crippen molar-refractivity contribution in [2.45, 2.75) is 59.1 Å². The third-order valence-corrected chi connectivity index (χ3v) is 3.48. The first kappa shape index (κ1) is 14.9. The van der Waals surface area contributed by atoms with Gasteiger partial charge in [-0.15, -0.1) is 0 Å². The molecule has 20 heavy (non-hydrogen) atoms. The average Bonchev–Trinajstić information content (AvgIpc) is 2.92. The van der Waals surface area contributed by atoms with Crippen LogP contribution in [0, 0.1) is 5.92 Å². The molecule has 0 saturated carbocycles. The van der Waals surface area contributed by atoms with E-state index in [1.165, 1.54) is 0 Å². The molecule has 1 saturated heterocycles. The molecular weight excluding hydrogens is 254 g/mol. The van der Waals surface area contributed by atoms with Crippen molar-refractivity contribution in [2.75, 3.05) is 6.54 Å². The molecule has 0 spiro atoms. The molecule has 0 bridgehead atoms. The Labute approximate surface area is 120 Å². The minimum Gasteiger partial charge on any atom is -0.444 e. The molecule has 5 heteroatoms. The third-order valence-electron chi connectivity index (χ3n) is 3.48. The van der Waals surface area contributed by atoms with Crippen molar-refractivity contribution in [1.29, 1.82) is 0 Å². The summed E-state index contributed by atoms with van der Waals surface area (Å²) in [5.74, 6) is 1.33. The molecule has 5 nitrogen and oxygen atoms in total. The summed E-state index contributed by atoms with van der Waals surface area (Å²) in [5.41, 5.74) is 0.634. The molecule has 1 amide bonds. The molecule has 1 aromatic rings. The van der Waals surface area contributed by atoms with E-state index >= 15 is 0 Å². The second-order valence-electron chi connectivity index (χ2n) is 6.64. The summed E-state index contributed by atoms with van der Waals surface area (Å²) in [6.07, 6.45) is 3.45. The van der Waals surface area contributed by atoms with E-state index in [1.807, 2.05) is 27.0 Å². The molecule has 1 aliphatic heterocycles. The molecule has 0 aromatic carbocycles. The van der Waals surface area contributed by atoms with Gasteiger partial charge in [0.25, 0.3) is 0 Å². The maximum absolute atomic E-state index is 12.3. The van der Waals surface area contributed by atoms with Crippen molar-refractivity contribution in [3.05, 3.63) is 17.7 Å².